The maximum absolute atomic E-state index is 10.3. The van der Waals surface area contributed by atoms with Gasteiger partial charge in [0.1, 0.15) is 48.8 Å². The fraction of sp³-hybridized carbons (Fsp3) is 1.00. The van der Waals surface area contributed by atoms with Gasteiger partial charge >= 0.3 is 0 Å². The maximum atomic E-state index is 10.3. The molecule has 2 aliphatic heterocycles. The SMILES string of the molecule is CC(O)COC[C@H]1O[C@@H](O[C@H]2[C@H](OCC(C)O)[C@@H](OCC(C)O)[C@H](OCC(C)O)O[C@@H]2COCC(C)O)[C@H](OCC(C)O)[C@@H](OCC(C)O)[C@@H]1OCC(C)O. The topological polar surface area (TPSA) is 263 Å². The Balaban J connectivity index is 2.73. The van der Waals surface area contributed by atoms with Gasteiger partial charge in [-0.25, -0.2) is 0 Å². The summed E-state index contributed by atoms with van der Waals surface area (Å²) in [5.74, 6) is 0. The number of aliphatic hydroxyl groups is 8. The molecule has 0 aromatic heterocycles. The fourth-order valence-corrected chi connectivity index (χ4v) is 5.72. The third-order valence-corrected chi connectivity index (χ3v) is 7.91. The summed E-state index contributed by atoms with van der Waals surface area (Å²) in [5.41, 5.74) is 0. The van der Waals surface area contributed by atoms with Crippen LogP contribution < -0.4 is 0 Å². The predicted octanol–water partition coefficient (Wildman–Crippen LogP) is -2.16. The molecule has 2 rings (SSSR count). The summed E-state index contributed by atoms with van der Waals surface area (Å²) in [6, 6.07) is 0. The Hall–Kier alpha value is -0.760. The minimum absolute atomic E-state index is 0.0553. The molecule has 0 aliphatic carbocycles. The molecule has 328 valence electrons. The Bertz CT molecular complexity index is 969. The summed E-state index contributed by atoms with van der Waals surface area (Å²) in [6.07, 6.45) is -18.5. The number of hydrogen-bond acceptors (Lipinski definition) is 19. The van der Waals surface area contributed by atoms with Crippen LogP contribution in [0.3, 0.4) is 0 Å². The number of ether oxygens (including phenoxy) is 11. The molecule has 0 bridgehead atoms. The molecule has 0 spiro atoms. The molecule has 2 saturated heterocycles. The first kappa shape index (κ1) is 50.4. The van der Waals surface area contributed by atoms with Crippen LogP contribution in [0.15, 0.2) is 0 Å². The van der Waals surface area contributed by atoms with E-state index in [1.165, 1.54) is 41.5 Å². The van der Waals surface area contributed by atoms with Gasteiger partial charge in [0.05, 0.1) is 115 Å². The Kier molecular flexibility index (Phi) is 24.1. The molecule has 0 aromatic carbocycles. The monoisotopic (exact) mass is 806 g/mol. The Morgan fingerprint density at radius 1 is 0.345 bits per heavy atom. The molecule has 2 heterocycles. The maximum Gasteiger partial charge on any atom is 0.187 e. The van der Waals surface area contributed by atoms with Crippen molar-refractivity contribution in [2.24, 2.45) is 0 Å². The molecule has 19 heteroatoms. The zero-order valence-corrected chi connectivity index (χ0v) is 33.5. The van der Waals surface area contributed by atoms with E-state index in [9.17, 15) is 40.9 Å². The van der Waals surface area contributed by atoms with E-state index in [0.717, 1.165) is 0 Å². The molecule has 0 aromatic rings. The summed E-state index contributed by atoms with van der Waals surface area (Å²) < 4.78 is 68.1. The third kappa shape index (κ3) is 19.2. The van der Waals surface area contributed by atoms with Crippen LogP contribution in [0, 0.1) is 0 Å². The van der Waals surface area contributed by atoms with Crippen molar-refractivity contribution in [2.45, 2.75) is 166 Å². The lowest BCUT2D eigenvalue weighted by Crippen LogP contribution is -2.67. The third-order valence-electron chi connectivity index (χ3n) is 7.91. The van der Waals surface area contributed by atoms with Crippen molar-refractivity contribution in [1.82, 2.24) is 0 Å². The second-order valence-corrected chi connectivity index (χ2v) is 14.9. The highest BCUT2D eigenvalue weighted by Crippen LogP contribution is 2.35. The first-order valence-corrected chi connectivity index (χ1v) is 19.1. The highest BCUT2D eigenvalue weighted by atomic mass is 16.8. The molecule has 2 fully saturated rings. The average Bonchev–Trinajstić information content (AvgIpc) is 3.07. The summed E-state index contributed by atoms with van der Waals surface area (Å²) in [4.78, 5) is 0. The van der Waals surface area contributed by atoms with Crippen molar-refractivity contribution in [3.8, 4) is 0 Å². The predicted molar refractivity (Wildman–Crippen MR) is 192 cm³/mol. The first-order valence-electron chi connectivity index (χ1n) is 19.1. The van der Waals surface area contributed by atoms with Crippen LogP contribution in [0.4, 0.5) is 0 Å². The first-order chi connectivity index (χ1) is 25.9. The number of hydrogen-bond donors (Lipinski definition) is 8. The van der Waals surface area contributed by atoms with Gasteiger partial charge in [-0.1, -0.05) is 0 Å². The minimum Gasteiger partial charge on any atom is -0.391 e. The number of rotatable bonds is 28. The van der Waals surface area contributed by atoms with Gasteiger partial charge in [-0.15, -0.1) is 0 Å². The Labute approximate surface area is 324 Å². The summed E-state index contributed by atoms with van der Waals surface area (Å²) >= 11 is 0. The fourth-order valence-electron chi connectivity index (χ4n) is 5.72. The van der Waals surface area contributed by atoms with E-state index < -0.39 is 110 Å². The van der Waals surface area contributed by atoms with Gasteiger partial charge in [-0.05, 0) is 55.4 Å². The smallest absolute Gasteiger partial charge is 0.187 e. The van der Waals surface area contributed by atoms with Crippen molar-refractivity contribution >= 4 is 0 Å². The number of aliphatic hydroxyl groups excluding tert-OH is 8. The molecule has 55 heavy (non-hydrogen) atoms. The van der Waals surface area contributed by atoms with Gasteiger partial charge in [-0.3, -0.25) is 0 Å². The van der Waals surface area contributed by atoms with Crippen molar-refractivity contribution in [1.29, 1.82) is 0 Å². The van der Waals surface area contributed by atoms with Crippen LogP contribution >= 0.6 is 0 Å². The van der Waals surface area contributed by atoms with Crippen LogP contribution in [-0.4, -0.2) is 217 Å². The zero-order valence-electron chi connectivity index (χ0n) is 33.5. The second-order valence-electron chi connectivity index (χ2n) is 14.9. The molecule has 0 radical (unpaired) electrons. The molecule has 2 aliphatic rings. The summed E-state index contributed by atoms with van der Waals surface area (Å²) in [5, 5.41) is 81.2. The van der Waals surface area contributed by atoms with E-state index in [2.05, 4.69) is 0 Å². The van der Waals surface area contributed by atoms with Crippen molar-refractivity contribution in [3.63, 3.8) is 0 Å². The lowest BCUT2D eigenvalue weighted by atomic mass is 9.95. The standard InChI is InChI=1S/C36H70O19/c1-19(37)9-45-17-27-29(47-11-21(3)39)31(48-12-22(4)40)34(51-15-25(7)43)36(54-27)55-30-28(18-46-10-20(2)38)53-35(52-16-26(8)44)33(50-14-24(6)42)32(30)49-13-23(5)41/h19-44H,9-18H2,1-8H3/t19?,20?,21?,22?,23?,24?,25?,26?,27-,28-,29-,30-,31+,32+,33-,34-,35-,36+/m1/s1. The van der Waals surface area contributed by atoms with Gasteiger partial charge in [0.2, 0.25) is 0 Å². The largest absolute Gasteiger partial charge is 0.391 e. The quantitative estimate of drug-likeness (QED) is 0.0419. The van der Waals surface area contributed by atoms with E-state index in [-0.39, 0.29) is 66.1 Å². The molecule has 8 N–H and O–H groups in total. The van der Waals surface area contributed by atoms with E-state index >= 15 is 0 Å². The van der Waals surface area contributed by atoms with Gasteiger partial charge < -0.3 is 93.0 Å². The molecule has 18 atom stereocenters. The van der Waals surface area contributed by atoms with Crippen molar-refractivity contribution in [3.05, 3.63) is 0 Å². The van der Waals surface area contributed by atoms with Crippen LogP contribution in [0.5, 0.6) is 0 Å². The van der Waals surface area contributed by atoms with Crippen LogP contribution in [0.25, 0.3) is 0 Å². The minimum atomic E-state index is -1.39. The van der Waals surface area contributed by atoms with E-state index in [4.69, 9.17) is 52.1 Å². The molecule has 8 unspecified atom stereocenters. The van der Waals surface area contributed by atoms with Crippen LogP contribution in [0.1, 0.15) is 55.4 Å². The molecular weight excluding hydrogens is 736 g/mol. The van der Waals surface area contributed by atoms with E-state index in [1.54, 1.807) is 13.8 Å². The summed E-state index contributed by atoms with van der Waals surface area (Å²) in [6.45, 7) is 10.7. The second kappa shape index (κ2) is 26.4. The van der Waals surface area contributed by atoms with E-state index in [1.807, 2.05) is 0 Å². The lowest BCUT2D eigenvalue weighted by Gasteiger charge is -2.50. The van der Waals surface area contributed by atoms with Gasteiger partial charge in [0.25, 0.3) is 0 Å². The Morgan fingerprint density at radius 2 is 0.636 bits per heavy atom. The van der Waals surface area contributed by atoms with Crippen molar-refractivity contribution in [2.75, 3.05) is 66.1 Å². The highest BCUT2D eigenvalue weighted by Gasteiger charge is 2.55. The molecule has 19 nitrogen and oxygen atoms in total. The molecular formula is C36H70O19. The lowest BCUT2D eigenvalue weighted by molar-refractivity contribution is -0.377. The van der Waals surface area contributed by atoms with E-state index in [0.29, 0.717) is 0 Å². The summed E-state index contributed by atoms with van der Waals surface area (Å²) in [7, 11) is 0. The average molecular weight is 807 g/mol. The highest BCUT2D eigenvalue weighted by molar-refractivity contribution is 4.98. The van der Waals surface area contributed by atoms with Crippen molar-refractivity contribution < 1.29 is 93.0 Å². The molecule has 0 saturated carbocycles. The van der Waals surface area contributed by atoms with Crippen LogP contribution in [-0.2, 0) is 52.1 Å². The normalized spacial score (nSPS) is 33.4. The van der Waals surface area contributed by atoms with Crippen LogP contribution in [0.2, 0.25) is 0 Å². The van der Waals surface area contributed by atoms with Gasteiger partial charge in [0, 0.05) is 0 Å². The zero-order chi connectivity index (χ0) is 41.2. The molecule has 0 amide bonds. The van der Waals surface area contributed by atoms with Gasteiger partial charge in [0.15, 0.2) is 12.6 Å². The van der Waals surface area contributed by atoms with Gasteiger partial charge in [-0.2, -0.15) is 0 Å². The Morgan fingerprint density at radius 3 is 1.04 bits per heavy atom.